The highest BCUT2D eigenvalue weighted by Gasteiger charge is 2.47. The van der Waals surface area contributed by atoms with Crippen molar-refractivity contribution in [2.45, 2.75) is 44.6 Å². The Morgan fingerprint density at radius 3 is 1.72 bits per heavy atom. The highest BCUT2D eigenvalue weighted by atomic mass is 16.6. The van der Waals surface area contributed by atoms with E-state index in [2.05, 4.69) is 10.6 Å². The second-order valence-corrected chi connectivity index (χ2v) is 8.78. The first kappa shape index (κ1) is 22.9. The fraction of sp³-hybridized carbons (Fsp3) is 0.955. The molecule has 0 atom stereocenters. The van der Waals surface area contributed by atoms with Crippen LogP contribution in [0, 0.1) is 23.7 Å². The molecule has 0 aromatic heterocycles. The van der Waals surface area contributed by atoms with E-state index in [1.807, 2.05) is 0 Å². The first-order valence-electron chi connectivity index (χ1n) is 11.5. The summed E-state index contributed by atoms with van der Waals surface area (Å²) >= 11 is 0. The lowest BCUT2D eigenvalue weighted by atomic mass is 9.54. The van der Waals surface area contributed by atoms with Gasteiger partial charge in [0.05, 0.1) is 52.9 Å². The van der Waals surface area contributed by atoms with Crippen LogP contribution in [0.15, 0.2) is 0 Å². The van der Waals surface area contributed by atoms with E-state index >= 15 is 0 Å². The molecule has 0 heterocycles. The molecule has 0 saturated heterocycles. The molecular formula is C22H40N2O5. The maximum Gasteiger partial charge on any atom is 0.222 e. The van der Waals surface area contributed by atoms with E-state index in [1.165, 1.54) is 32.1 Å². The van der Waals surface area contributed by atoms with Crippen molar-refractivity contribution in [2.75, 3.05) is 66.4 Å². The van der Waals surface area contributed by atoms with Gasteiger partial charge in [0, 0.05) is 26.1 Å². The molecule has 0 aliphatic heterocycles. The maximum absolute atomic E-state index is 11.0. The van der Waals surface area contributed by atoms with Crippen LogP contribution in [0.1, 0.15) is 38.5 Å². The molecule has 0 radical (unpaired) electrons. The molecule has 29 heavy (non-hydrogen) atoms. The SMILES string of the molecule is CNC(=O)CCOCCOCCOCCOCCNC1C2CC3CC(C2)CC1C3. The average molecular weight is 413 g/mol. The van der Waals surface area contributed by atoms with E-state index in [-0.39, 0.29) is 5.91 Å². The summed E-state index contributed by atoms with van der Waals surface area (Å²) in [7, 11) is 1.62. The van der Waals surface area contributed by atoms with Gasteiger partial charge < -0.3 is 29.6 Å². The molecule has 2 N–H and O–H groups in total. The largest absolute Gasteiger partial charge is 0.379 e. The fourth-order valence-electron chi connectivity index (χ4n) is 5.61. The zero-order valence-electron chi connectivity index (χ0n) is 18.0. The predicted molar refractivity (Wildman–Crippen MR) is 111 cm³/mol. The van der Waals surface area contributed by atoms with Gasteiger partial charge in [0.1, 0.15) is 0 Å². The number of hydrogen-bond donors (Lipinski definition) is 2. The van der Waals surface area contributed by atoms with Crippen molar-refractivity contribution in [3.8, 4) is 0 Å². The molecule has 1 amide bonds. The van der Waals surface area contributed by atoms with Gasteiger partial charge in [0.2, 0.25) is 5.91 Å². The first-order chi connectivity index (χ1) is 14.3. The summed E-state index contributed by atoms with van der Waals surface area (Å²) in [5.41, 5.74) is 0. The third-order valence-corrected chi connectivity index (χ3v) is 6.72. The van der Waals surface area contributed by atoms with Crippen molar-refractivity contribution in [3.05, 3.63) is 0 Å². The van der Waals surface area contributed by atoms with Crippen LogP contribution in [0.25, 0.3) is 0 Å². The minimum Gasteiger partial charge on any atom is -0.379 e. The molecule has 0 spiro atoms. The van der Waals surface area contributed by atoms with Crippen LogP contribution in [0.3, 0.4) is 0 Å². The van der Waals surface area contributed by atoms with Gasteiger partial charge in [-0.3, -0.25) is 4.79 Å². The van der Waals surface area contributed by atoms with Gasteiger partial charge in [-0.2, -0.15) is 0 Å². The summed E-state index contributed by atoms with van der Waals surface area (Å²) < 4.78 is 21.9. The van der Waals surface area contributed by atoms with E-state index < -0.39 is 0 Å². The van der Waals surface area contributed by atoms with Gasteiger partial charge >= 0.3 is 0 Å². The molecule has 0 aromatic rings. The van der Waals surface area contributed by atoms with E-state index in [0.29, 0.717) is 52.7 Å². The molecule has 4 aliphatic carbocycles. The second-order valence-electron chi connectivity index (χ2n) is 8.78. The van der Waals surface area contributed by atoms with Crippen molar-refractivity contribution >= 4 is 5.91 Å². The van der Waals surface area contributed by atoms with Crippen molar-refractivity contribution in [1.29, 1.82) is 0 Å². The van der Waals surface area contributed by atoms with Gasteiger partial charge in [-0.1, -0.05) is 0 Å². The Hall–Kier alpha value is -0.730. The van der Waals surface area contributed by atoms with E-state index in [1.54, 1.807) is 7.05 Å². The zero-order chi connectivity index (χ0) is 20.3. The number of hydrogen-bond acceptors (Lipinski definition) is 6. The zero-order valence-corrected chi connectivity index (χ0v) is 18.0. The molecule has 4 rings (SSSR count). The number of amides is 1. The number of rotatable bonds is 16. The summed E-state index contributed by atoms with van der Waals surface area (Å²) in [4.78, 5) is 11.0. The standard InChI is InChI=1S/C22H40N2O5/c1-23-21(25)2-4-26-6-8-28-10-11-29-9-7-27-5-3-24-22-19-13-17-12-18(15-19)16-20(22)14-17/h17-20,22,24H,2-16H2,1H3,(H,23,25). The van der Waals surface area contributed by atoms with Crippen molar-refractivity contribution in [3.63, 3.8) is 0 Å². The van der Waals surface area contributed by atoms with E-state index in [4.69, 9.17) is 18.9 Å². The van der Waals surface area contributed by atoms with Gasteiger partial charge in [0.15, 0.2) is 0 Å². The Bertz CT molecular complexity index is 448. The lowest BCUT2D eigenvalue weighted by molar-refractivity contribution is -0.121. The summed E-state index contributed by atoms with van der Waals surface area (Å²) in [6, 6.07) is 0.743. The Morgan fingerprint density at radius 2 is 1.21 bits per heavy atom. The predicted octanol–water partition coefficient (Wildman–Crippen LogP) is 1.60. The lowest BCUT2D eigenvalue weighted by Crippen LogP contribution is -2.55. The smallest absolute Gasteiger partial charge is 0.222 e. The van der Waals surface area contributed by atoms with Crippen LogP contribution < -0.4 is 10.6 Å². The highest BCUT2D eigenvalue weighted by molar-refractivity contribution is 5.75. The maximum atomic E-state index is 11.0. The number of ether oxygens (including phenoxy) is 4. The highest BCUT2D eigenvalue weighted by Crippen LogP contribution is 2.53. The van der Waals surface area contributed by atoms with E-state index in [9.17, 15) is 4.79 Å². The number of carbonyl (C=O) groups is 1. The topological polar surface area (TPSA) is 78.1 Å². The van der Waals surface area contributed by atoms with Crippen LogP contribution in [-0.2, 0) is 23.7 Å². The van der Waals surface area contributed by atoms with Gasteiger partial charge in [-0.05, 0) is 55.8 Å². The van der Waals surface area contributed by atoms with Crippen molar-refractivity contribution < 1.29 is 23.7 Å². The van der Waals surface area contributed by atoms with Gasteiger partial charge in [-0.15, -0.1) is 0 Å². The van der Waals surface area contributed by atoms with Crippen molar-refractivity contribution in [2.24, 2.45) is 23.7 Å². The molecule has 168 valence electrons. The Morgan fingerprint density at radius 1 is 0.724 bits per heavy atom. The summed E-state index contributed by atoms with van der Waals surface area (Å²) in [5, 5.41) is 6.35. The molecule has 4 saturated carbocycles. The quantitative estimate of drug-likeness (QED) is 0.375. The average Bonchev–Trinajstić information content (AvgIpc) is 2.71. The van der Waals surface area contributed by atoms with Crippen LogP contribution in [0.5, 0.6) is 0 Å². The van der Waals surface area contributed by atoms with Gasteiger partial charge in [0.25, 0.3) is 0 Å². The van der Waals surface area contributed by atoms with Crippen LogP contribution in [-0.4, -0.2) is 78.4 Å². The normalized spacial score (nSPS) is 30.0. The van der Waals surface area contributed by atoms with Crippen LogP contribution in [0.4, 0.5) is 0 Å². The third kappa shape index (κ3) is 7.79. The van der Waals surface area contributed by atoms with Crippen LogP contribution >= 0.6 is 0 Å². The fourth-order valence-corrected chi connectivity index (χ4v) is 5.61. The molecule has 7 heteroatoms. The van der Waals surface area contributed by atoms with E-state index in [0.717, 1.165) is 42.9 Å². The Labute approximate surface area is 175 Å². The summed E-state index contributed by atoms with van der Waals surface area (Å²) in [6.07, 6.45) is 7.75. The Balaban J connectivity index is 1.05. The first-order valence-corrected chi connectivity index (χ1v) is 11.5. The molecular weight excluding hydrogens is 372 g/mol. The van der Waals surface area contributed by atoms with Crippen molar-refractivity contribution in [1.82, 2.24) is 10.6 Å². The molecule has 0 unspecified atom stereocenters. The molecule has 4 aliphatic rings. The summed E-state index contributed by atoms with van der Waals surface area (Å²) in [5.74, 6) is 3.92. The summed E-state index contributed by atoms with van der Waals surface area (Å²) in [6.45, 7) is 5.50. The van der Waals surface area contributed by atoms with Gasteiger partial charge in [-0.25, -0.2) is 0 Å². The monoisotopic (exact) mass is 412 g/mol. The number of carbonyl (C=O) groups excluding carboxylic acids is 1. The molecule has 4 bridgehead atoms. The molecule has 7 nitrogen and oxygen atoms in total. The van der Waals surface area contributed by atoms with Crippen LogP contribution in [0.2, 0.25) is 0 Å². The second kappa shape index (κ2) is 12.8. The third-order valence-electron chi connectivity index (χ3n) is 6.72. The lowest BCUT2D eigenvalue weighted by Gasteiger charge is -2.54. The molecule has 4 fully saturated rings. The Kier molecular flexibility index (Phi) is 10.2. The minimum absolute atomic E-state index is 0.00910. The minimum atomic E-state index is -0.00910. The number of nitrogens with one attached hydrogen (secondary N) is 2. The molecule has 0 aromatic carbocycles.